The number of hydrogen-bond acceptors (Lipinski definition) is 3. The van der Waals surface area contributed by atoms with Crippen LogP contribution in [0.4, 0.5) is 0 Å². The number of halogens is 2. The van der Waals surface area contributed by atoms with Crippen LogP contribution in [-0.4, -0.2) is 35.4 Å². The van der Waals surface area contributed by atoms with E-state index in [4.69, 9.17) is 5.73 Å². The van der Waals surface area contributed by atoms with Gasteiger partial charge in [-0.25, -0.2) is 0 Å². The molecule has 1 aromatic heterocycles. The summed E-state index contributed by atoms with van der Waals surface area (Å²) in [6, 6.07) is 3.76. The van der Waals surface area contributed by atoms with Crippen LogP contribution in [0.5, 0.6) is 0 Å². The molecule has 1 unspecified atom stereocenters. The smallest absolute Gasteiger partial charge is 0.272 e. The number of nitrogens with zero attached hydrogens (tertiary/aromatic N) is 2. The second kappa shape index (κ2) is 7.08. The molecule has 2 heterocycles. The van der Waals surface area contributed by atoms with Crippen molar-refractivity contribution in [1.29, 1.82) is 0 Å². The Hall–Kier alpha value is -0.840. The first-order chi connectivity index (χ1) is 8.06. The number of pyridine rings is 1. The number of aryl methyl sites for hydroxylation is 1. The van der Waals surface area contributed by atoms with Gasteiger partial charge in [-0.3, -0.25) is 9.78 Å². The summed E-state index contributed by atoms with van der Waals surface area (Å²) in [6.07, 6.45) is 2.64. The van der Waals surface area contributed by atoms with Gasteiger partial charge in [0.05, 0.1) is 0 Å². The summed E-state index contributed by atoms with van der Waals surface area (Å²) >= 11 is 0. The van der Waals surface area contributed by atoms with Crippen LogP contribution in [0.3, 0.4) is 0 Å². The van der Waals surface area contributed by atoms with Crippen LogP contribution in [-0.2, 0) is 0 Å². The van der Waals surface area contributed by atoms with E-state index in [1.807, 2.05) is 24.0 Å². The zero-order valence-corrected chi connectivity index (χ0v) is 12.9. The minimum atomic E-state index is 0. The standard InChI is InChI=1S/C13H19N3O.2ClH/c1-10-4-3-6-15-11(10)12(17)16-7-5-13(2,8-14)9-16;;/h3-4,6H,5,7-9,14H2,1-2H3;2*1H. The molecule has 0 aromatic carbocycles. The van der Waals surface area contributed by atoms with Crippen LogP contribution >= 0.6 is 24.8 Å². The summed E-state index contributed by atoms with van der Waals surface area (Å²) in [6.45, 7) is 6.18. The quantitative estimate of drug-likeness (QED) is 0.909. The molecule has 1 aliphatic heterocycles. The summed E-state index contributed by atoms with van der Waals surface area (Å²) in [5.74, 6) is 0.0280. The molecule has 1 atom stereocenters. The monoisotopic (exact) mass is 305 g/mol. The maximum absolute atomic E-state index is 12.3. The Kier molecular flexibility index (Phi) is 6.77. The fourth-order valence-corrected chi connectivity index (χ4v) is 2.22. The highest BCUT2D eigenvalue weighted by molar-refractivity contribution is 5.93. The van der Waals surface area contributed by atoms with Gasteiger partial charge < -0.3 is 10.6 Å². The molecular formula is C13H21Cl2N3O. The Morgan fingerprint density at radius 3 is 2.74 bits per heavy atom. The van der Waals surface area contributed by atoms with Crippen molar-refractivity contribution in [3.8, 4) is 0 Å². The van der Waals surface area contributed by atoms with E-state index in [2.05, 4.69) is 11.9 Å². The van der Waals surface area contributed by atoms with Crippen molar-refractivity contribution in [2.75, 3.05) is 19.6 Å². The van der Waals surface area contributed by atoms with Crippen LogP contribution in [0.25, 0.3) is 0 Å². The van der Waals surface area contributed by atoms with Gasteiger partial charge in [0.2, 0.25) is 0 Å². The molecule has 1 fully saturated rings. The van der Waals surface area contributed by atoms with Gasteiger partial charge in [-0.05, 0) is 36.9 Å². The van der Waals surface area contributed by atoms with Crippen LogP contribution in [0, 0.1) is 12.3 Å². The van der Waals surface area contributed by atoms with Crippen molar-refractivity contribution in [3.05, 3.63) is 29.6 Å². The lowest BCUT2D eigenvalue weighted by atomic mass is 9.90. The molecule has 4 nitrogen and oxygen atoms in total. The van der Waals surface area contributed by atoms with E-state index in [1.54, 1.807) is 6.20 Å². The van der Waals surface area contributed by atoms with E-state index in [0.29, 0.717) is 12.2 Å². The van der Waals surface area contributed by atoms with Crippen molar-refractivity contribution in [3.63, 3.8) is 0 Å². The fourth-order valence-electron chi connectivity index (χ4n) is 2.22. The van der Waals surface area contributed by atoms with Gasteiger partial charge in [-0.15, -0.1) is 24.8 Å². The predicted molar refractivity (Wildman–Crippen MR) is 81.2 cm³/mol. The predicted octanol–water partition coefficient (Wildman–Crippen LogP) is 2.04. The van der Waals surface area contributed by atoms with E-state index in [9.17, 15) is 4.79 Å². The molecule has 0 bridgehead atoms. The zero-order chi connectivity index (χ0) is 12.5. The lowest BCUT2D eigenvalue weighted by Gasteiger charge is -2.22. The molecule has 1 amide bonds. The highest BCUT2D eigenvalue weighted by Gasteiger charge is 2.35. The molecule has 2 N–H and O–H groups in total. The van der Waals surface area contributed by atoms with Gasteiger partial charge in [0, 0.05) is 19.3 Å². The van der Waals surface area contributed by atoms with E-state index in [0.717, 1.165) is 25.1 Å². The average molecular weight is 306 g/mol. The number of carbonyl (C=O) groups excluding carboxylic acids is 1. The number of likely N-dealkylation sites (tertiary alicyclic amines) is 1. The second-order valence-electron chi connectivity index (χ2n) is 5.16. The Morgan fingerprint density at radius 1 is 1.53 bits per heavy atom. The van der Waals surface area contributed by atoms with Crippen molar-refractivity contribution in [2.45, 2.75) is 20.3 Å². The number of hydrogen-bond donors (Lipinski definition) is 1. The minimum absolute atomic E-state index is 0. The van der Waals surface area contributed by atoms with Crippen LogP contribution in [0.15, 0.2) is 18.3 Å². The fraction of sp³-hybridized carbons (Fsp3) is 0.538. The second-order valence-corrected chi connectivity index (χ2v) is 5.16. The molecule has 0 saturated carbocycles. The number of aromatic nitrogens is 1. The lowest BCUT2D eigenvalue weighted by molar-refractivity contribution is 0.0770. The first kappa shape index (κ1) is 18.2. The summed E-state index contributed by atoms with van der Waals surface area (Å²) < 4.78 is 0. The third-order valence-corrected chi connectivity index (χ3v) is 3.55. The van der Waals surface area contributed by atoms with Crippen molar-refractivity contribution in [1.82, 2.24) is 9.88 Å². The van der Waals surface area contributed by atoms with E-state index < -0.39 is 0 Å². The molecule has 1 aliphatic rings. The number of rotatable bonds is 2. The van der Waals surface area contributed by atoms with Gasteiger partial charge in [0.15, 0.2) is 0 Å². The molecule has 1 aromatic rings. The lowest BCUT2D eigenvalue weighted by Crippen LogP contribution is -2.35. The molecule has 0 spiro atoms. The van der Waals surface area contributed by atoms with E-state index in [-0.39, 0.29) is 36.1 Å². The Bertz CT molecular complexity index is 442. The molecule has 2 rings (SSSR count). The topological polar surface area (TPSA) is 59.2 Å². The molecule has 19 heavy (non-hydrogen) atoms. The van der Waals surface area contributed by atoms with Gasteiger partial charge in [0.1, 0.15) is 5.69 Å². The summed E-state index contributed by atoms with van der Waals surface area (Å²) in [7, 11) is 0. The minimum Gasteiger partial charge on any atom is -0.337 e. The maximum atomic E-state index is 12.3. The zero-order valence-electron chi connectivity index (χ0n) is 11.3. The van der Waals surface area contributed by atoms with Crippen molar-refractivity contribution in [2.24, 2.45) is 11.1 Å². The first-order valence-electron chi connectivity index (χ1n) is 5.97. The molecule has 108 valence electrons. The molecule has 0 radical (unpaired) electrons. The largest absolute Gasteiger partial charge is 0.337 e. The number of nitrogens with two attached hydrogens (primary N) is 1. The van der Waals surface area contributed by atoms with Crippen LogP contribution < -0.4 is 5.73 Å². The maximum Gasteiger partial charge on any atom is 0.272 e. The van der Waals surface area contributed by atoms with Gasteiger partial charge in [-0.2, -0.15) is 0 Å². The summed E-state index contributed by atoms with van der Waals surface area (Å²) in [5.41, 5.74) is 7.31. The third-order valence-electron chi connectivity index (χ3n) is 3.55. The molecule has 6 heteroatoms. The molecular weight excluding hydrogens is 285 g/mol. The Labute approximate surface area is 126 Å². The highest BCUT2D eigenvalue weighted by atomic mass is 35.5. The number of amides is 1. The molecule has 0 aliphatic carbocycles. The van der Waals surface area contributed by atoms with Crippen LogP contribution in [0.2, 0.25) is 0 Å². The highest BCUT2D eigenvalue weighted by Crippen LogP contribution is 2.29. The van der Waals surface area contributed by atoms with Gasteiger partial charge in [0.25, 0.3) is 5.91 Å². The number of carbonyl (C=O) groups is 1. The average Bonchev–Trinajstić information content (AvgIpc) is 2.73. The van der Waals surface area contributed by atoms with E-state index in [1.165, 1.54) is 0 Å². The van der Waals surface area contributed by atoms with E-state index >= 15 is 0 Å². The van der Waals surface area contributed by atoms with Gasteiger partial charge in [-0.1, -0.05) is 13.0 Å². The Morgan fingerprint density at radius 2 is 2.21 bits per heavy atom. The SMILES string of the molecule is Cc1cccnc1C(=O)N1CCC(C)(CN)C1.Cl.Cl. The van der Waals surface area contributed by atoms with Crippen LogP contribution in [0.1, 0.15) is 29.4 Å². The van der Waals surface area contributed by atoms with Crippen molar-refractivity contribution < 1.29 is 4.79 Å². The summed E-state index contributed by atoms with van der Waals surface area (Å²) in [5, 5.41) is 0. The van der Waals surface area contributed by atoms with Crippen molar-refractivity contribution >= 4 is 30.7 Å². The Balaban J connectivity index is 0.00000162. The molecule has 1 saturated heterocycles. The summed E-state index contributed by atoms with van der Waals surface area (Å²) in [4.78, 5) is 18.3. The third kappa shape index (κ3) is 3.81. The van der Waals surface area contributed by atoms with Gasteiger partial charge >= 0.3 is 0 Å². The first-order valence-corrected chi connectivity index (χ1v) is 5.97. The normalized spacial score (nSPS) is 21.5.